The third kappa shape index (κ3) is 5.94. The van der Waals surface area contributed by atoms with Crippen LogP contribution in [-0.4, -0.2) is 26.3 Å². The zero-order valence-electron chi connectivity index (χ0n) is 14.9. The fourth-order valence-corrected chi connectivity index (χ4v) is 2.64. The molecule has 0 amide bonds. The third-order valence-electron chi connectivity index (χ3n) is 4.02. The lowest BCUT2D eigenvalue weighted by molar-refractivity contribution is 0.294. The summed E-state index contributed by atoms with van der Waals surface area (Å²) in [4.78, 5) is 0. The highest BCUT2D eigenvalue weighted by atomic mass is 16.5. The van der Waals surface area contributed by atoms with Gasteiger partial charge in [-0.2, -0.15) is 0 Å². The van der Waals surface area contributed by atoms with E-state index in [1.807, 2.05) is 48.5 Å². The van der Waals surface area contributed by atoms with Gasteiger partial charge in [0, 0.05) is 6.54 Å². The largest absolute Gasteiger partial charge is 0.494 e. The number of rotatable bonds is 10. The molecule has 3 aromatic rings. The van der Waals surface area contributed by atoms with Crippen molar-refractivity contribution in [2.45, 2.75) is 6.42 Å². The van der Waals surface area contributed by atoms with E-state index in [9.17, 15) is 0 Å². The molecule has 134 valence electrons. The first-order valence-corrected chi connectivity index (χ1v) is 9.09. The van der Waals surface area contributed by atoms with Crippen LogP contribution in [0.3, 0.4) is 0 Å². The van der Waals surface area contributed by atoms with Crippen molar-refractivity contribution in [1.29, 1.82) is 0 Å². The molecule has 0 saturated carbocycles. The summed E-state index contributed by atoms with van der Waals surface area (Å²) in [5.74, 6) is 1.83. The molecule has 0 saturated heterocycles. The normalized spacial score (nSPS) is 10.5. The summed E-state index contributed by atoms with van der Waals surface area (Å²) in [6.45, 7) is 3.12. The second-order valence-electron chi connectivity index (χ2n) is 6.00. The molecule has 0 atom stereocenters. The molecule has 0 fully saturated rings. The second kappa shape index (κ2) is 10.3. The zero-order valence-corrected chi connectivity index (χ0v) is 14.9. The van der Waals surface area contributed by atoms with Gasteiger partial charge in [-0.15, -0.1) is 0 Å². The average Bonchev–Trinajstić information content (AvgIpc) is 2.72. The first kappa shape index (κ1) is 18.0. The molecule has 3 aromatic carbocycles. The molecule has 0 bridgehead atoms. The predicted octanol–water partition coefficient (Wildman–Crippen LogP) is 4.79. The predicted molar refractivity (Wildman–Crippen MR) is 107 cm³/mol. The van der Waals surface area contributed by atoms with Crippen LogP contribution in [0, 0.1) is 0 Å². The number of hydrogen-bond donors (Lipinski definition) is 1. The molecule has 0 aromatic heterocycles. The Hall–Kier alpha value is -2.78. The maximum atomic E-state index is 5.78. The molecule has 0 aliphatic carbocycles. The lowest BCUT2D eigenvalue weighted by Crippen LogP contribution is -2.23. The Bertz CT molecular complexity index is 742. The van der Waals surface area contributed by atoms with Crippen molar-refractivity contribution < 1.29 is 9.47 Å². The van der Waals surface area contributed by atoms with Crippen LogP contribution in [0.5, 0.6) is 11.5 Å². The van der Waals surface area contributed by atoms with E-state index in [0.717, 1.165) is 37.6 Å². The van der Waals surface area contributed by atoms with E-state index in [-0.39, 0.29) is 0 Å². The van der Waals surface area contributed by atoms with Crippen molar-refractivity contribution >= 4 is 0 Å². The first-order chi connectivity index (χ1) is 12.9. The van der Waals surface area contributed by atoms with Gasteiger partial charge >= 0.3 is 0 Å². The average molecular weight is 347 g/mol. The van der Waals surface area contributed by atoms with Crippen LogP contribution in [-0.2, 0) is 0 Å². The van der Waals surface area contributed by atoms with Crippen LogP contribution in [0.4, 0.5) is 0 Å². The van der Waals surface area contributed by atoms with Gasteiger partial charge in [0.05, 0.1) is 6.61 Å². The van der Waals surface area contributed by atoms with Crippen LogP contribution < -0.4 is 14.8 Å². The minimum atomic E-state index is 0.657. The van der Waals surface area contributed by atoms with Gasteiger partial charge < -0.3 is 14.8 Å². The summed E-state index contributed by atoms with van der Waals surface area (Å²) in [7, 11) is 0. The fourth-order valence-electron chi connectivity index (χ4n) is 2.64. The molecule has 1 N–H and O–H groups in total. The fraction of sp³-hybridized carbons (Fsp3) is 0.217. The maximum Gasteiger partial charge on any atom is 0.119 e. The number of para-hydroxylation sites is 1. The molecule has 0 aliphatic rings. The Kier molecular flexibility index (Phi) is 7.12. The smallest absolute Gasteiger partial charge is 0.119 e. The SMILES string of the molecule is c1ccc(OCCCNCCOc2ccc(-c3ccccc3)cc2)cc1. The van der Waals surface area contributed by atoms with Crippen LogP contribution in [0.1, 0.15) is 6.42 Å². The van der Waals surface area contributed by atoms with E-state index in [1.165, 1.54) is 11.1 Å². The molecule has 0 unspecified atom stereocenters. The zero-order chi connectivity index (χ0) is 17.9. The molecule has 0 heterocycles. The maximum absolute atomic E-state index is 5.78. The van der Waals surface area contributed by atoms with Crippen LogP contribution in [0.15, 0.2) is 84.9 Å². The number of benzene rings is 3. The molecular formula is C23H25NO2. The van der Waals surface area contributed by atoms with Crippen molar-refractivity contribution in [1.82, 2.24) is 5.32 Å². The van der Waals surface area contributed by atoms with Gasteiger partial charge in [-0.1, -0.05) is 60.7 Å². The Balaban J connectivity index is 1.27. The van der Waals surface area contributed by atoms with Gasteiger partial charge in [0.2, 0.25) is 0 Å². The van der Waals surface area contributed by atoms with Gasteiger partial charge in [-0.05, 0) is 48.4 Å². The van der Waals surface area contributed by atoms with Crippen molar-refractivity contribution in [3.8, 4) is 22.6 Å². The number of nitrogens with one attached hydrogen (secondary N) is 1. The lowest BCUT2D eigenvalue weighted by atomic mass is 10.1. The molecular weight excluding hydrogens is 322 g/mol. The molecule has 0 radical (unpaired) electrons. The molecule has 3 rings (SSSR count). The standard InChI is InChI=1S/C23H25NO2/c1-3-8-20(9-4-1)21-12-14-23(15-13-21)26-19-17-24-16-7-18-25-22-10-5-2-6-11-22/h1-6,8-15,24H,7,16-19H2. The second-order valence-corrected chi connectivity index (χ2v) is 6.00. The first-order valence-electron chi connectivity index (χ1n) is 9.09. The summed E-state index contributed by atoms with van der Waals surface area (Å²) in [5.41, 5.74) is 2.42. The Morgan fingerprint density at radius 1 is 0.538 bits per heavy atom. The van der Waals surface area contributed by atoms with Crippen molar-refractivity contribution in [2.24, 2.45) is 0 Å². The van der Waals surface area contributed by atoms with E-state index in [0.29, 0.717) is 6.61 Å². The molecule has 0 aliphatic heterocycles. The van der Waals surface area contributed by atoms with Crippen molar-refractivity contribution in [3.63, 3.8) is 0 Å². The quantitative estimate of drug-likeness (QED) is 0.535. The third-order valence-corrected chi connectivity index (χ3v) is 4.02. The highest BCUT2D eigenvalue weighted by Crippen LogP contribution is 2.21. The molecule has 3 heteroatoms. The summed E-state index contributed by atoms with van der Waals surface area (Å²) in [6, 6.07) is 28.5. The molecule has 3 nitrogen and oxygen atoms in total. The van der Waals surface area contributed by atoms with Crippen LogP contribution in [0.2, 0.25) is 0 Å². The van der Waals surface area contributed by atoms with Gasteiger partial charge in [-0.25, -0.2) is 0 Å². The molecule has 26 heavy (non-hydrogen) atoms. The topological polar surface area (TPSA) is 30.5 Å². The minimum absolute atomic E-state index is 0.657. The van der Waals surface area contributed by atoms with E-state index in [1.54, 1.807) is 0 Å². The van der Waals surface area contributed by atoms with Gasteiger partial charge in [0.25, 0.3) is 0 Å². The van der Waals surface area contributed by atoms with Crippen LogP contribution in [0.25, 0.3) is 11.1 Å². The van der Waals surface area contributed by atoms with Gasteiger partial charge in [0.1, 0.15) is 18.1 Å². The summed E-state index contributed by atoms with van der Waals surface area (Å²) < 4.78 is 11.4. The van der Waals surface area contributed by atoms with Crippen molar-refractivity contribution in [2.75, 3.05) is 26.3 Å². The monoisotopic (exact) mass is 347 g/mol. The summed E-state index contributed by atoms with van der Waals surface area (Å²) in [5, 5.41) is 3.37. The Morgan fingerprint density at radius 2 is 1.12 bits per heavy atom. The van der Waals surface area contributed by atoms with Crippen LogP contribution >= 0.6 is 0 Å². The van der Waals surface area contributed by atoms with Gasteiger partial charge in [-0.3, -0.25) is 0 Å². The number of ether oxygens (including phenoxy) is 2. The summed E-state index contributed by atoms with van der Waals surface area (Å²) >= 11 is 0. The van der Waals surface area contributed by atoms with E-state index < -0.39 is 0 Å². The number of hydrogen-bond acceptors (Lipinski definition) is 3. The molecule has 0 spiro atoms. The minimum Gasteiger partial charge on any atom is -0.494 e. The highest BCUT2D eigenvalue weighted by Gasteiger charge is 1.98. The van der Waals surface area contributed by atoms with E-state index in [4.69, 9.17) is 9.47 Å². The highest BCUT2D eigenvalue weighted by molar-refractivity contribution is 5.63. The van der Waals surface area contributed by atoms with E-state index >= 15 is 0 Å². The van der Waals surface area contributed by atoms with Gasteiger partial charge in [0.15, 0.2) is 0 Å². The van der Waals surface area contributed by atoms with E-state index in [2.05, 4.69) is 41.7 Å². The lowest BCUT2D eigenvalue weighted by Gasteiger charge is -2.09. The Morgan fingerprint density at radius 3 is 1.85 bits per heavy atom. The summed E-state index contributed by atoms with van der Waals surface area (Å²) in [6.07, 6.45) is 0.973. The Labute approximate surface area is 155 Å². The van der Waals surface area contributed by atoms with Crippen molar-refractivity contribution in [3.05, 3.63) is 84.9 Å².